The van der Waals surface area contributed by atoms with E-state index in [0.717, 1.165) is 25.3 Å². The summed E-state index contributed by atoms with van der Waals surface area (Å²) in [7, 11) is 0. The van der Waals surface area contributed by atoms with Crippen LogP contribution < -0.4 is 15.0 Å². The molecule has 1 aromatic carbocycles. The summed E-state index contributed by atoms with van der Waals surface area (Å²) in [4.78, 5) is 21.7. The van der Waals surface area contributed by atoms with Crippen LogP contribution in [0.3, 0.4) is 0 Å². The zero-order valence-corrected chi connectivity index (χ0v) is 23.4. The molecule has 6 rings (SSSR count). The predicted octanol–water partition coefficient (Wildman–Crippen LogP) is 6.02. The highest BCUT2D eigenvalue weighted by Crippen LogP contribution is 2.40. The highest BCUT2D eigenvalue weighted by atomic mass is 19.3. The highest BCUT2D eigenvalue weighted by molar-refractivity contribution is 5.68. The molecular formula is C29H29F5N6O4. The summed E-state index contributed by atoms with van der Waals surface area (Å²) in [5, 5.41) is 16.3. The number of alkyl halides is 2. The number of hydrogen-bond acceptors (Lipinski definition) is 7. The number of carboxylic acid groups (broad SMARTS) is 1. The molecule has 3 aliphatic rings. The van der Waals surface area contributed by atoms with Gasteiger partial charge >= 0.3 is 6.09 Å². The van der Waals surface area contributed by atoms with E-state index in [9.17, 15) is 31.9 Å². The van der Waals surface area contributed by atoms with Crippen molar-refractivity contribution in [3.63, 3.8) is 0 Å². The second kappa shape index (κ2) is 12.0. The van der Waals surface area contributed by atoms with Gasteiger partial charge in [0.15, 0.2) is 23.1 Å². The zero-order chi connectivity index (χ0) is 31.0. The number of nitrogens with one attached hydrogen (secondary N) is 1. The number of allylic oxidation sites excluding steroid dienone is 2. The Bertz CT molecular complexity index is 1560. The largest absolute Gasteiger partial charge is 0.465 e. The third-order valence-corrected chi connectivity index (χ3v) is 8.05. The lowest BCUT2D eigenvalue weighted by atomic mass is 9.93. The van der Waals surface area contributed by atoms with E-state index in [1.54, 1.807) is 15.8 Å². The van der Waals surface area contributed by atoms with Crippen LogP contribution in [-0.2, 0) is 4.74 Å². The predicted molar refractivity (Wildman–Crippen MR) is 146 cm³/mol. The van der Waals surface area contributed by atoms with Crippen LogP contribution >= 0.6 is 0 Å². The monoisotopic (exact) mass is 620 g/mol. The van der Waals surface area contributed by atoms with E-state index in [1.807, 2.05) is 0 Å². The average Bonchev–Trinajstić information content (AvgIpc) is 3.60. The number of hydrogen-bond donors (Lipinski definition) is 2. The summed E-state index contributed by atoms with van der Waals surface area (Å²) in [5.74, 6) is -6.49. The van der Waals surface area contributed by atoms with Crippen LogP contribution in [0.5, 0.6) is 11.5 Å². The maximum absolute atomic E-state index is 14.6. The van der Waals surface area contributed by atoms with E-state index < -0.39 is 47.8 Å². The molecule has 4 heterocycles. The van der Waals surface area contributed by atoms with Crippen molar-refractivity contribution < 1.29 is 41.3 Å². The van der Waals surface area contributed by atoms with E-state index in [1.165, 1.54) is 18.5 Å². The van der Waals surface area contributed by atoms with Crippen molar-refractivity contribution in [1.82, 2.24) is 25.1 Å². The number of nitrogens with zero attached hydrogens (tertiary/aromatic N) is 5. The lowest BCUT2D eigenvalue weighted by Gasteiger charge is -2.23. The van der Waals surface area contributed by atoms with Gasteiger partial charge in [0.05, 0.1) is 24.6 Å². The fourth-order valence-electron chi connectivity index (χ4n) is 5.82. The topological polar surface area (TPSA) is 115 Å². The van der Waals surface area contributed by atoms with Crippen LogP contribution in [0.25, 0.3) is 5.57 Å². The van der Waals surface area contributed by atoms with Gasteiger partial charge in [-0.05, 0) is 42.9 Å². The minimum Gasteiger partial charge on any atom is -0.465 e. The first-order valence-electron chi connectivity index (χ1n) is 14.2. The first kappa shape index (κ1) is 29.8. The quantitative estimate of drug-likeness (QED) is 0.243. The molecule has 10 nitrogen and oxygen atoms in total. The van der Waals surface area contributed by atoms with Crippen LogP contribution in [0.15, 0.2) is 36.8 Å². The lowest BCUT2D eigenvalue weighted by Crippen LogP contribution is -2.39. The normalized spacial score (nSPS) is 23.3. The van der Waals surface area contributed by atoms with Gasteiger partial charge in [0.2, 0.25) is 5.95 Å². The number of amides is 1. The number of halogens is 5. The molecule has 2 N–H and O–H groups in total. The smallest absolute Gasteiger partial charge is 0.404 e. The van der Waals surface area contributed by atoms with Crippen molar-refractivity contribution in [2.75, 3.05) is 24.6 Å². The molecule has 2 saturated heterocycles. The fraction of sp³-hybridized carbons (Fsp3) is 0.448. The third kappa shape index (κ3) is 6.32. The number of rotatable bonds is 7. The second-order valence-corrected chi connectivity index (χ2v) is 11.1. The van der Waals surface area contributed by atoms with Crippen molar-refractivity contribution in [2.45, 2.75) is 62.6 Å². The molecule has 234 valence electrons. The van der Waals surface area contributed by atoms with Gasteiger partial charge in [-0.1, -0.05) is 6.08 Å². The van der Waals surface area contributed by atoms with E-state index in [-0.39, 0.29) is 49.4 Å². The van der Waals surface area contributed by atoms with Gasteiger partial charge in [-0.15, -0.1) is 0 Å². The van der Waals surface area contributed by atoms with Crippen LogP contribution in [0.4, 0.5) is 32.7 Å². The summed E-state index contributed by atoms with van der Waals surface area (Å²) in [6, 6.07) is 0.295. The molecule has 15 heteroatoms. The maximum atomic E-state index is 14.6. The molecule has 3 atom stereocenters. The number of anilines is 1. The first-order chi connectivity index (χ1) is 21.1. The Morgan fingerprint density at radius 2 is 1.86 bits per heavy atom. The molecule has 0 saturated carbocycles. The molecule has 3 aromatic rings. The van der Waals surface area contributed by atoms with E-state index in [2.05, 4.69) is 20.4 Å². The van der Waals surface area contributed by atoms with Crippen molar-refractivity contribution >= 4 is 17.6 Å². The molecule has 2 unspecified atom stereocenters. The standard InChI is InChI=1S/C29H29F5N6O4/c30-20-10-22(32)21(31)9-18(20)19-13-39(14-23(19)37-28(41)42)27-35-11-17(12-36-27)44-24-15-40(25-3-1-2-8-43-25)38-26(24)16-4-6-29(33,34)7-5-16/h4,9-12,15,19,23,25,37H,1-3,5-8,13-14H2,(H,41,42)/t19?,23-,25?/m1/s1. The molecule has 1 aliphatic carbocycles. The van der Waals surface area contributed by atoms with Crippen LogP contribution in [0, 0.1) is 17.5 Å². The Kier molecular flexibility index (Phi) is 8.14. The van der Waals surface area contributed by atoms with Gasteiger partial charge < -0.3 is 24.8 Å². The van der Waals surface area contributed by atoms with Gasteiger partial charge in [-0.25, -0.2) is 41.4 Å². The van der Waals surface area contributed by atoms with Crippen molar-refractivity contribution in [2.24, 2.45) is 0 Å². The minimum absolute atomic E-state index is 0.0181. The SMILES string of the molecule is O=C(O)N[C@@H]1CN(c2ncc(Oc3cn(C4CCCCO4)nc3C3=CCC(F)(F)CC3)cn2)CC1c1cc(F)c(F)cc1F. The lowest BCUT2D eigenvalue weighted by molar-refractivity contribution is -0.0396. The van der Waals surface area contributed by atoms with Gasteiger partial charge in [-0.3, -0.25) is 0 Å². The number of aromatic nitrogens is 4. The number of carbonyl (C=O) groups is 1. The van der Waals surface area contributed by atoms with Gasteiger partial charge in [-0.2, -0.15) is 5.10 Å². The maximum Gasteiger partial charge on any atom is 0.404 e. The van der Waals surface area contributed by atoms with Gasteiger partial charge in [0, 0.05) is 44.5 Å². The van der Waals surface area contributed by atoms with E-state index in [0.29, 0.717) is 29.7 Å². The summed E-state index contributed by atoms with van der Waals surface area (Å²) >= 11 is 0. The summed E-state index contributed by atoms with van der Waals surface area (Å²) in [5.41, 5.74) is 0.895. The highest BCUT2D eigenvalue weighted by Gasteiger charge is 2.38. The van der Waals surface area contributed by atoms with Crippen LogP contribution in [-0.4, -0.2) is 62.6 Å². The fourth-order valence-corrected chi connectivity index (χ4v) is 5.82. The van der Waals surface area contributed by atoms with E-state index in [4.69, 9.17) is 9.47 Å². The Labute approximate surface area is 248 Å². The zero-order valence-electron chi connectivity index (χ0n) is 23.4. The molecule has 2 fully saturated rings. The molecule has 0 spiro atoms. The average molecular weight is 621 g/mol. The summed E-state index contributed by atoms with van der Waals surface area (Å²) < 4.78 is 83.3. The van der Waals surface area contributed by atoms with Crippen LogP contribution in [0.2, 0.25) is 0 Å². The van der Waals surface area contributed by atoms with Crippen molar-refractivity contribution in [1.29, 1.82) is 0 Å². The number of ether oxygens (including phenoxy) is 2. The minimum atomic E-state index is -2.77. The third-order valence-electron chi connectivity index (χ3n) is 8.05. The Morgan fingerprint density at radius 1 is 1.09 bits per heavy atom. The molecule has 44 heavy (non-hydrogen) atoms. The Balaban J connectivity index is 1.23. The molecule has 2 aromatic heterocycles. The molecule has 0 radical (unpaired) electrons. The van der Waals surface area contributed by atoms with Crippen LogP contribution in [0.1, 0.15) is 61.9 Å². The Hall–Kier alpha value is -4.27. The van der Waals surface area contributed by atoms with E-state index >= 15 is 0 Å². The van der Waals surface area contributed by atoms with Crippen molar-refractivity contribution in [3.8, 4) is 11.5 Å². The molecule has 0 bridgehead atoms. The molecule has 2 aliphatic heterocycles. The number of benzene rings is 1. The summed E-state index contributed by atoms with van der Waals surface area (Å²) in [6.07, 6.45) is 6.33. The second-order valence-electron chi connectivity index (χ2n) is 11.1. The molecule has 1 amide bonds. The van der Waals surface area contributed by atoms with Gasteiger partial charge in [0.1, 0.15) is 17.7 Å². The Morgan fingerprint density at radius 3 is 2.55 bits per heavy atom. The first-order valence-corrected chi connectivity index (χ1v) is 14.2. The van der Waals surface area contributed by atoms with Gasteiger partial charge in [0.25, 0.3) is 5.92 Å². The summed E-state index contributed by atoms with van der Waals surface area (Å²) in [6.45, 7) is 0.639. The molecular weight excluding hydrogens is 591 g/mol. The van der Waals surface area contributed by atoms with Crippen molar-refractivity contribution in [3.05, 3.63) is 65.5 Å².